The van der Waals surface area contributed by atoms with Gasteiger partial charge < -0.3 is 14.7 Å². The Kier molecular flexibility index (Phi) is 6.08. The normalized spacial score (nSPS) is 15.7. The number of nitrogens with zero attached hydrogens (tertiary/aromatic N) is 6. The first-order valence-electron chi connectivity index (χ1n) is 10.9. The lowest BCUT2D eigenvalue weighted by Crippen LogP contribution is -2.31. The Morgan fingerprint density at radius 2 is 1.75 bits per heavy atom. The van der Waals surface area contributed by atoms with Crippen LogP contribution in [0.5, 0.6) is 0 Å². The maximum absolute atomic E-state index is 13.5. The van der Waals surface area contributed by atoms with Gasteiger partial charge in [-0.3, -0.25) is 9.78 Å². The van der Waals surface area contributed by atoms with E-state index in [1.54, 1.807) is 6.20 Å². The number of carbonyl (C=O) groups is 1. The van der Waals surface area contributed by atoms with Crippen molar-refractivity contribution < 1.29 is 4.79 Å². The van der Waals surface area contributed by atoms with Crippen molar-refractivity contribution in [1.29, 1.82) is 0 Å². The molecule has 2 aromatic heterocycles. The van der Waals surface area contributed by atoms with E-state index in [1.807, 2.05) is 92.5 Å². The van der Waals surface area contributed by atoms with Crippen LogP contribution in [0.4, 0.5) is 11.6 Å². The van der Waals surface area contributed by atoms with Gasteiger partial charge in [-0.2, -0.15) is 0 Å². The fourth-order valence-corrected chi connectivity index (χ4v) is 4.20. The molecule has 3 aromatic rings. The number of hydrogen-bond acceptors (Lipinski definition) is 6. The van der Waals surface area contributed by atoms with Crippen LogP contribution in [-0.2, 0) is 0 Å². The van der Waals surface area contributed by atoms with Gasteiger partial charge in [-0.1, -0.05) is 0 Å². The first kappa shape index (κ1) is 21.7. The molecular weight excluding hydrogens is 400 g/mol. The van der Waals surface area contributed by atoms with Gasteiger partial charge in [-0.25, -0.2) is 9.97 Å². The largest absolute Gasteiger partial charge is 0.378 e. The third kappa shape index (κ3) is 4.15. The maximum atomic E-state index is 13.5. The second-order valence-corrected chi connectivity index (χ2v) is 8.65. The zero-order chi connectivity index (χ0) is 22.8. The lowest BCUT2D eigenvalue weighted by molar-refractivity contribution is 0.0733. The number of anilines is 2. The van der Waals surface area contributed by atoms with Crippen molar-refractivity contribution in [3.8, 4) is 11.1 Å². The fraction of sp³-hybridized carbons (Fsp3) is 0.360. The van der Waals surface area contributed by atoms with Crippen LogP contribution in [0.25, 0.3) is 11.1 Å². The first-order chi connectivity index (χ1) is 15.4. The van der Waals surface area contributed by atoms with E-state index in [4.69, 9.17) is 4.98 Å². The van der Waals surface area contributed by atoms with Gasteiger partial charge in [-0.05, 0) is 61.2 Å². The van der Waals surface area contributed by atoms with E-state index >= 15 is 0 Å². The molecule has 0 aliphatic carbocycles. The summed E-state index contributed by atoms with van der Waals surface area (Å²) in [5, 5.41) is 0. The summed E-state index contributed by atoms with van der Waals surface area (Å²) in [7, 11) is 7.85. The number of carbonyl (C=O) groups excluding carboxylic acids is 1. The Hall–Kier alpha value is -3.48. The van der Waals surface area contributed by atoms with Gasteiger partial charge in [-0.15, -0.1) is 0 Å². The van der Waals surface area contributed by atoms with Gasteiger partial charge >= 0.3 is 0 Å². The molecule has 1 fully saturated rings. The highest BCUT2D eigenvalue weighted by Crippen LogP contribution is 2.38. The quantitative estimate of drug-likeness (QED) is 0.611. The number of benzene rings is 1. The van der Waals surface area contributed by atoms with Crippen molar-refractivity contribution in [1.82, 2.24) is 19.9 Å². The number of rotatable bonds is 5. The molecule has 1 aromatic carbocycles. The standard InChI is InChI=1S/C25H30N6O/c1-17-15-26-13-12-20(17)21-16-27-25(30(4)5)28-23(21)22-7-6-14-31(22)24(32)18-8-10-19(11-9-18)29(2)3/h8-13,15-16,22H,6-7,14H2,1-5H3/t22-/m0/s1. The van der Waals surface area contributed by atoms with Crippen molar-refractivity contribution in [3.05, 3.63) is 65.7 Å². The van der Waals surface area contributed by atoms with Gasteiger partial charge in [0.15, 0.2) is 0 Å². The molecule has 1 saturated heterocycles. The van der Waals surface area contributed by atoms with E-state index in [-0.39, 0.29) is 11.9 Å². The molecule has 166 valence electrons. The Morgan fingerprint density at radius 3 is 2.41 bits per heavy atom. The molecule has 32 heavy (non-hydrogen) atoms. The molecule has 4 rings (SSSR count). The fourth-order valence-electron chi connectivity index (χ4n) is 4.20. The minimum Gasteiger partial charge on any atom is -0.378 e. The molecule has 0 radical (unpaired) electrons. The molecule has 1 aliphatic rings. The van der Waals surface area contributed by atoms with Crippen LogP contribution in [0, 0.1) is 6.92 Å². The molecule has 7 heteroatoms. The molecule has 1 amide bonds. The highest BCUT2D eigenvalue weighted by atomic mass is 16.2. The van der Waals surface area contributed by atoms with Gasteiger partial charge in [0, 0.05) is 70.1 Å². The molecular formula is C25H30N6O. The zero-order valence-electron chi connectivity index (χ0n) is 19.4. The van der Waals surface area contributed by atoms with Crippen molar-refractivity contribution in [2.45, 2.75) is 25.8 Å². The molecule has 3 heterocycles. The number of hydrogen-bond donors (Lipinski definition) is 0. The Labute approximate surface area is 189 Å². The third-order valence-electron chi connectivity index (χ3n) is 5.98. The third-order valence-corrected chi connectivity index (χ3v) is 5.98. The van der Waals surface area contributed by atoms with E-state index in [1.165, 1.54) is 0 Å². The molecule has 7 nitrogen and oxygen atoms in total. The van der Waals surface area contributed by atoms with Crippen LogP contribution in [0.15, 0.2) is 48.9 Å². The molecule has 0 unspecified atom stereocenters. The summed E-state index contributed by atoms with van der Waals surface area (Å²) >= 11 is 0. The highest BCUT2D eigenvalue weighted by molar-refractivity contribution is 5.95. The summed E-state index contributed by atoms with van der Waals surface area (Å²) in [5.74, 6) is 0.685. The number of aromatic nitrogens is 3. The topological polar surface area (TPSA) is 65.5 Å². The lowest BCUT2D eigenvalue weighted by Gasteiger charge is -2.27. The molecule has 0 spiro atoms. The predicted octanol–water partition coefficient (Wildman–Crippen LogP) is 3.96. The Balaban J connectivity index is 1.75. The Morgan fingerprint density at radius 1 is 1.00 bits per heavy atom. The molecule has 1 atom stereocenters. The monoisotopic (exact) mass is 430 g/mol. The van der Waals surface area contributed by atoms with Gasteiger partial charge in [0.2, 0.25) is 5.95 Å². The summed E-state index contributed by atoms with van der Waals surface area (Å²) in [6.45, 7) is 2.75. The van der Waals surface area contributed by atoms with Crippen LogP contribution in [0.1, 0.15) is 40.5 Å². The van der Waals surface area contributed by atoms with Crippen LogP contribution < -0.4 is 9.80 Å². The van der Waals surface area contributed by atoms with Gasteiger partial charge in [0.05, 0.1) is 11.7 Å². The van der Waals surface area contributed by atoms with Gasteiger partial charge in [0.1, 0.15) is 0 Å². The van der Waals surface area contributed by atoms with Crippen LogP contribution in [0.3, 0.4) is 0 Å². The molecule has 0 bridgehead atoms. The number of aryl methyl sites for hydroxylation is 1. The van der Waals surface area contributed by atoms with E-state index in [2.05, 4.69) is 9.97 Å². The summed E-state index contributed by atoms with van der Waals surface area (Å²) in [5.41, 5.74) is 5.74. The van der Waals surface area contributed by atoms with Crippen LogP contribution in [0.2, 0.25) is 0 Å². The van der Waals surface area contributed by atoms with Gasteiger partial charge in [0.25, 0.3) is 5.91 Å². The van der Waals surface area contributed by atoms with E-state index in [0.717, 1.165) is 47.5 Å². The number of pyridine rings is 1. The summed E-state index contributed by atoms with van der Waals surface area (Å²) in [4.78, 5) is 33.1. The second-order valence-electron chi connectivity index (χ2n) is 8.65. The second kappa shape index (κ2) is 8.94. The summed E-state index contributed by atoms with van der Waals surface area (Å²) < 4.78 is 0. The SMILES string of the molecule is Cc1cnccc1-c1cnc(N(C)C)nc1[C@@H]1CCCN1C(=O)c1ccc(N(C)C)cc1. The minimum absolute atomic E-state index is 0.0419. The smallest absolute Gasteiger partial charge is 0.254 e. The highest BCUT2D eigenvalue weighted by Gasteiger charge is 2.34. The van der Waals surface area contributed by atoms with Crippen LogP contribution in [-0.4, -0.2) is 60.5 Å². The average molecular weight is 431 g/mol. The average Bonchev–Trinajstić information content (AvgIpc) is 3.28. The maximum Gasteiger partial charge on any atom is 0.254 e. The molecule has 0 saturated carbocycles. The van der Waals surface area contributed by atoms with Crippen LogP contribution >= 0.6 is 0 Å². The van der Waals surface area contributed by atoms with E-state index < -0.39 is 0 Å². The van der Waals surface area contributed by atoms with E-state index in [9.17, 15) is 4.79 Å². The number of amides is 1. The molecule has 0 N–H and O–H groups in total. The van der Waals surface area contributed by atoms with E-state index in [0.29, 0.717) is 11.5 Å². The summed E-state index contributed by atoms with van der Waals surface area (Å²) in [6.07, 6.45) is 7.34. The van der Waals surface area contributed by atoms with Crippen molar-refractivity contribution in [2.75, 3.05) is 44.5 Å². The lowest BCUT2D eigenvalue weighted by atomic mass is 9.97. The molecule has 1 aliphatic heterocycles. The minimum atomic E-state index is -0.0970. The summed E-state index contributed by atoms with van der Waals surface area (Å²) in [6, 6.07) is 9.68. The van der Waals surface area contributed by atoms with Crippen molar-refractivity contribution in [2.24, 2.45) is 0 Å². The first-order valence-corrected chi connectivity index (χ1v) is 10.9. The van der Waals surface area contributed by atoms with Crippen molar-refractivity contribution >= 4 is 17.5 Å². The predicted molar refractivity (Wildman–Crippen MR) is 128 cm³/mol. The zero-order valence-corrected chi connectivity index (χ0v) is 19.4. The van der Waals surface area contributed by atoms with Crippen molar-refractivity contribution in [3.63, 3.8) is 0 Å². The Bertz CT molecular complexity index is 1110. The number of likely N-dealkylation sites (tertiary alicyclic amines) is 1.